The Morgan fingerprint density at radius 2 is 1.58 bits per heavy atom. The van der Waals surface area contributed by atoms with Crippen molar-refractivity contribution in [1.29, 1.82) is 0 Å². The molecule has 0 aliphatic carbocycles. The average Bonchev–Trinajstić information content (AvgIpc) is 3.41. The van der Waals surface area contributed by atoms with Gasteiger partial charge in [-0.1, -0.05) is 48.0 Å². The summed E-state index contributed by atoms with van der Waals surface area (Å²) in [7, 11) is 0. The lowest BCUT2D eigenvalue weighted by Crippen LogP contribution is -2.30. The highest BCUT2D eigenvalue weighted by atomic mass is 35.5. The van der Waals surface area contributed by atoms with Gasteiger partial charge in [-0.25, -0.2) is 0 Å². The van der Waals surface area contributed by atoms with E-state index in [1.165, 1.54) is 23.1 Å². The predicted molar refractivity (Wildman–Crippen MR) is 148 cm³/mol. The molecule has 0 saturated heterocycles. The molecule has 5 nitrogen and oxygen atoms in total. The number of nitrogens with one attached hydrogen (secondary N) is 2. The SMILES string of the molecule is O=C(Nc1ccc(SCC(=O)c2ccccc2Cl)cc1)/C(=C/c1cccs1)NC(=O)c1ccccc1. The van der Waals surface area contributed by atoms with Gasteiger partial charge < -0.3 is 10.6 Å². The molecule has 3 aromatic carbocycles. The number of thioether (sulfide) groups is 1. The number of carbonyl (C=O) groups excluding carboxylic acids is 3. The zero-order valence-corrected chi connectivity index (χ0v) is 21.3. The van der Waals surface area contributed by atoms with Gasteiger partial charge in [0, 0.05) is 26.6 Å². The summed E-state index contributed by atoms with van der Waals surface area (Å²) in [4.78, 5) is 39.9. The highest BCUT2D eigenvalue weighted by molar-refractivity contribution is 8.00. The number of anilines is 1. The van der Waals surface area contributed by atoms with Crippen LogP contribution in [0.15, 0.2) is 107 Å². The summed E-state index contributed by atoms with van der Waals surface area (Å²) in [5.74, 6) is -0.625. The number of hydrogen-bond acceptors (Lipinski definition) is 5. The first kappa shape index (κ1) is 25.4. The van der Waals surface area contributed by atoms with Crippen LogP contribution in [-0.2, 0) is 4.79 Å². The summed E-state index contributed by atoms with van der Waals surface area (Å²) >= 11 is 8.95. The highest BCUT2D eigenvalue weighted by Gasteiger charge is 2.16. The summed E-state index contributed by atoms with van der Waals surface area (Å²) in [6.45, 7) is 0. The van der Waals surface area contributed by atoms with Gasteiger partial charge in [-0.15, -0.1) is 23.1 Å². The molecule has 0 fully saturated rings. The number of amides is 2. The maximum absolute atomic E-state index is 13.0. The Morgan fingerprint density at radius 3 is 2.28 bits per heavy atom. The number of Topliss-reactive ketones (excluding diaryl/α,β-unsaturated/α-hetero) is 1. The van der Waals surface area contributed by atoms with E-state index in [9.17, 15) is 14.4 Å². The van der Waals surface area contributed by atoms with E-state index in [0.29, 0.717) is 21.8 Å². The third kappa shape index (κ3) is 6.95. The Kier molecular flexibility index (Phi) is 8.73. The fourth-order valence-corrected chi connectivity index (χ4v) is 4.89. The number of hydrogen-bond donors (Lipinski definition) is 2. The minimum atomic E-state index is -0.443. The lowest BCUT2D eigenvalue weighted by molar-refractivity contribution is -0.113. The summed E-state index contributed by atoms with van der Waals surface area (Å²) in [6, 6.07) is 26.6. The number of benzene rings is 3. The highest BCUT2D eigenvalue weighted by Crippen LogP contribution is 2.24. The molecular weight excluding hydrogens is 512 g/mol. The first-order valence-corrected chi connectivity index (χ1v) is 13.2. The van der Waals surface area contributed by atoms with Gasteiger partial charge in [0.15, 0.2) is 5.78 Å². The van der Waals surface area contributed by atoms with E-state index in [1.54, 1.807) is 66.7 Å². The molecule has 180 valence electrons. The first-order chi connectivity index (χ1) is 17.5. The fourth-order valence-electron chi connectivity index (χ4n) is 3.20. The van der Waals surface area contributed by atoms with Crippen LogP contribution in [0.1, 0.15) is 25.6 Å². The minimum absolute atomic E-state index is 0.0551. The minimum Gasteiger partial charge on any atom is -0.321 e. The Balaban J connectivity index is 1.41. The summed E-state index contributed by atoms with van der Waals surface area (Å²) < 4.78 is 0. The van der Waals surface area contributed by atoms with Gasteiger partial charge in [0.1, 0.15) is 5.70 Å². The Labute approximate surface area is 222 Å². The van der Waals surface area contributed by atoms with Crippen LogP contribution in [0.3, 0.4) is 0 Å². The molecule has 1 heterocycles. The van der Waals surface area contributed by atoms with Gasteiger partial charge in [-0.3, -0.25) is 14.4 Å². The van der Waals surface area contributed by atoms with Crippen LogP contribution < -0.4 is 10.6 Å². The molecule has 0 atom stereocenters. The van der Waals surface area contributed by atoms with E-state index >= 15 is 0 Å². The largest absolute Gasteiger partial charge is 0.321 e. The van der Waals surface area contributed by atoms with Gasteiger partial charge in [-0.05, 0) is 66.1 Å². The Morgan fingerprint density at radius 1 is 0.861 bits per heavy atom. The molecule has 0 unspecified atom stereocenters. The van der Waals surface area contributed by atoms with E-state index in [-0.39, 0.29) is 23.1 Å². The van der Waals surface area contributed by atoms with E-state index in [0.717, 1.165) is 9.77 Å². The van der Waals surface area contributed by atoms with Crippen LogP contribution in [0.4, 0.5) is 5.69 Å². The zero-order chi connectivity index (χ0) is 25.3. The van der Waals surface area contributed by atoms with E-state index in [2.05, 4.69) is 10.6 Å². The molecule has 8 heteroatoms. The molecule has 0 radical (unpaired) electrons. The van der Waals surface area contributed by atoms with Crippen LogP contribution in [0.2, 0.25) is 5.02 Å². The quantitative estimate of drug-likeness (QED) is 0.141. The van der Waals surface area contributed by atoms with Gasteiger partial charge >= 0.3 is 0 Å². The van der Waals surface area contributed by atoms with Crippen molar-refractivity contribution in [3.63, 3.8) is 0 Å². The van der Waals surface area contributed by atoms with Gasteiger partial charge in [0.25, 0.3) is 11.8 Å². The lowest BCUT2D eigenvalue weighted by Gasteiger charge is -2.11. The summed E-state index contributed by atoms with van der Waals surface area (Å²) in [5, 5.41) is 7.88. The van der Waals surface area contributed by atoms with Crippen LogP contribution in [0, 0.1) is 0 Å². The van der Waals surface area contributed by atoms with Gasteiger partial charge in [0.05, 0.1) is 10.8 Å². The maximum atomic E-state index is 13.0. The second-order valence-corrected chi connectivity index (χ2v) is 10.00. The lowest BCUT2D eigenvalue weighted by atomic mass is 10.1. The number of ketones is 1. The van der Waals surface area contributed by atoms with E-state index in [1.807, 2.05) is 35.7 Å². The molecule has 0 spiro atoms. The smallest absolute Gasteiger partial charge is 0.272 e. The van der Waals surface area contributed by atoms with Crippen molar-refractivity contribution in [3.05, 3.63) is 123 Å². The van der Waals surface area contributed by atoms with Crippen molar-refractivity contribution in [1.82, 2.24) is 5.32 Å². The molecule has 0 saturated carbocycles. The predicted octanol–water partition coefficient (Wildman–Crippen LogP) is 6.79. The number of thiophene rings is 1. The molecule has 4 rings (SSSR count). The second-order valence-electron chi connectivity index (χ2n) is 7.56. The second kappa shape index (κ2) is 12.4. The third-order valence-corrected chi connectivity index (χ3v) is 7.18. The molecule has 36 heavy (non-hydrogen) atoms. The topological polar surface area (TPSA) is 75.3 Å². The van der Waals surface area contributed by atoms with E-state index < -0.39 is 5.91 Å². The first-order valence-electron chi connectivity index (χ1n) is 10.9. The monoisotopic (exact) mass is 532 g/mol. The summed E-state index contributed by atoms with van der Waals surface area (Å²) in [5.41, 5.74) is 1.65. The van der Waals surface area contributed by atoms with Crippen LogP contribution >= 0.6 is 34.7 Å². The molecule has 2 amide bonds. The third-order valence-electron chi connectivity index (χ3n) is 5.01. The number of rotatable bonds is 9. The van der Waals surface area contributed by atoms with Crippen molar-refractivity contribution >= 4 is 64.1 Å². The molecule has 0 aliphatic heterocycles. The molecule has 1 aromatic heterocycles. The summed E-state index contributed by atoms with van der Waals surface area (Å²) in [6.07, 6.45) is 1.64. The standard InChI is InChI=1S/C28H21ClN2O3S2/c29-24-11-5-4-10-23(24)26(32)18-36-21-14-12-20(13-15-21)30-28(34)25(17-22-9-6-16-35-22)31-27(33)19-7-2-1-3-8-19/h1-17H,18H2,(H,30,34)(H,31,33)/b25-17-. The van der Waals surface area contributed by atoms with Crippen molar-refractivity contribution in [2.24, 2.45) is 0 Å². The van der Waals surface area contributed by atoms with Crippen LogP contribution in [-0.4, -0.2) is 23.4 Å². The van der Waals surface area contributed by atoms with Crippen molar-refractivity contribution < 1.29 is 14.4 Å². The number of carbonyl (C=O) groups is 3. The fraction of sp³-hybridized carbons (Fsp3) is 0.0357. The molecular formula is C28H21ClN2O3S2. The zero-order valence-electron chi connectivity index (χ0n) is 18.9. The van der Waals surface area contributed by atoms with Crippen LogP contribution in [0.5, 0.6) is 0 Å². The molecule has 0 bridgehead atoms. The normalized spacial score (nSPS) is 11.1. The number of halogens is 1. The van der Waals surface area contributed by atoms with Crippen molar-refractivity contribution in [2.75, 3.05) is 11.1 Å². The Bertz CT molecular complexity index is 1390. The van der Waals surface area contributed by atoms with Gasteiger partial charge in [0.2, 0.25) is 0 Å². The van der Waals surface area contributed by atoms with E-state index in [4.69, 9.17) is 11.6 Å². The molecule has 2 N–H and O–H groups in total. The Hall–Kier alpha value is -3.65. The molecule has 4 aromatic rings. The van der Waals surface area contributed by atoms with Crippen molar-refractivity contribution in [2.45, 2.75) is 4.90 Å². The van der Waals surface area contributed by atoms with Gasteiger partial charge in [-0.2, -0.15) is 0 Å². The average molecular weight is 533 g/mol. The van der Waals surface area contributed by atoms with Crippen molar-refractivity contribution in [3.8, 4) is 0 Å². The maximum Gasteiger partial charge on any atom is 0.272 e. The van der Waals surface area contributed by atoms with Crippen LogP contribution in [0.25, 0.3) is 6.08 Å². The molecule has 0 aliphatic rings.